The molecule has 3 rings (SSSR count). The quantitative estimate of drug-likeness (QED) is 0.803. The molecule has 0 atom stereocenters. The molecule has 0 aliphatic carbocycles. The molecular formula is C16H17FN4O2. The minimum absolute atomic E-state index is 0.105. The Morgan fingerprint density at radius 1 is 1.35 bits per heavy atom. The lowest BCUT2D eigenvalue weighted by Gasteiger charge is -2.09. The molecule has 7 heteroatoms. The molecule has 0 saturated carbocycles. The molecular weight excluding hydrogens is 299 g/mol. The highest BCUT2D eigenvalue weighted by molar-refractivity contribution is 5.73. The van der Waals surface area contributed by atoms with E-state index in [1.165, 1.54) is 16.9 Å². The van der Waals surface area contributed by atoms with Crippen molar-refractivity contribution in [2.24, 2.45) is 0 Å². The van der Waals surface area contributed by atoms with Crippen LogP contribution in [0.25, 0.3) is 16.7 Å². The van der Waals surface area contributed by atoms with E-state index in [9.17, 15) is 9.18 Å². The van der Waals surface area contributed by atoms with Gasteiger partial charge in [0.25, 0.3) is 11.6 Å². The zero-order chi connectivity index (χ0) is 16.6. The first kappa shape index (κ1) is 15.2. The van der Waals surface area contributed by atoms with E-state index in [0.29, 0.717) is 12.3 Å². The molecule has 0 amide bonds. The number of hydrogen-bond donors (Lipinski definition) is 1. The number of halogens is 1. The third-order valence-electron chi connectivity index (χ3n) is 3.60. The summed E-state index contributed by atoms with van der Waals surface area (Å²) in [6, 6.07) is 3.50. The van der Waals surface area contributed by atoms with Gasteiger partial charge in [-0.15, -0.1) is 5.10 Å². The molecule has 120 valence electrons. The minimum Gasteiger partial charge on any atom is -0.465 e. The number of fused-ring (bicyclic) bond motifs is 1. The second kappa shape index (κ2) is 5.83. The predicted octanol–water partition coefficient (Wildman–Crippen LogP) is 2.52. The molecule has 0 spiro atoms. The Hall–Kier alpha value is -2.70. The molecule has 0 saturated heterocycles. The Bertz CT molecular complexity index is 906. The number of aryl methyl sites for hydroxylation is 2. The summed E-state index contributed by atoms with van der Waals surface area (Å²) in [7, 11) is 0. The van der Waals surface area contributed by atoms with Gasteiger partial charge in [0, 0.05) is 6.20 Å². The van der Waals surface area contributed by atoms with Crippen LogP contribution in [0.1, 0.15) is 25.0 Å². The lowest BCUT2D eigenvalue weighted by Crippen LogP contribution is -2.09. The first-order chi connectivity index (χ1) is 11.0. The van der Waals surface area contributed by atoms with Crippen LogP contribution in [0.2, 0.25) is 0 Å². The van der Waals surface area contributed by atoms with Gasteiger partial charge in [-0.3, -0.25) is 9.78 Å². The summed E-state index contributed by atoms with van der Waals surface area (Å²) in [6.45, 7) is 5.94. The molecule has 1 aromatic carbocycles. The van der Waals surface area contributed by atoms with Gasteiger partial charge in [0.15, 0.2) is 5.65 Å². The summed E-state index contributed by atoms with van der Waals surface area (Å²) in [5.41, 5.74) is 1.83. The zero-order valence-electron chi connectivity index (χ0n) is 13.2. The summed E-state index contributed by atoms with van der Waals surface area (Å²) in [5, 5.41) is 4.51. The van der Waals surface area contributed by atoms with E-state index in [-0.39, 0.29) is 28.4 Å². The summed E-state index contributed by atoms with van der Waals surface area (Å²) in [4.78, 5) is 18.7. The zero-order valence-corrected chi connectivity index (χ0v) is 13.2. The fraction of sp³-hybridized carbons (Fsp3) is 0.312. The summed E-state index contributed by atoms with van der Waals surface area (Å²) in [5.74, 6) is -0.379. The van der Waals surface area contributed by atoms with Crippen molar-refractivity contribution in [2.45, 2.75) is 27.2 Å². The van der Waals surface area contributed by atoms with Crippen LogP contribution in [-0.4, -0.2) is 26.4 Å². The SMILES string of the molecule is CCOc1nc2nn(-c3c(C)cc(CC)cc3F)cc2c(=O)[nH]1. The van der Waals surface area contributed by atoms with Crippen molar-refractivity contribution in [1.29, 1.82) is 0 Å². The van der Waals surface area contributed by atoms with Crippen molar-refractivity contribution in [3.63, 3.8) is 0 Å². The Kier molecular flexibility index (Phi) is 3.85. The molecule has 0 radical (unpaired) electrons. The maximum absolute atomic E-state index is 14.4. The van der Waals surface area contributed by atoms with Gasteiger partial charge in [-0.1, -0.05) is 13.0 Å². The maximum atomic E-state index is 14.4. The second-order valence-corrected chi connectivity index (χ2v) is 5.21. The standard InChI is InChI=1S/C16H17FN4O2/c1-4-10-6-9(3)13(12(17)7-10)21-8-11-14(20-21)18-16(23-5-2)19-15(11)22/h6-8H,4-5H2,1-3H3,(H,18,19,20,22). The molecule has 0 bridgehead atoms. The monoisotopic (exact) mass is 316 g/mol. The van der Waals surface area contributed by atoms with Crippen LogP contribution in [0, 0.1) is 12.7 Å². The summed E-state index contributed by atoms with van der Waals surface area (Å²) < 4.78 is 21.0. The van der Waals surface area contributed by atoms with Crippen LogP contribution in [0.4, 0.5) is 4.39 Å². The van der Waals surface area contributed by atoms with Crippen LogP contribution in [0.15, 0.2) is 23.1 Å². The van der Waals surface area contributed by atoms with Crippen LogP contribution in [-0.2, 0) is 6.42 Å². The van der Waals surface area contributed by atoms with Crippen LogP contribution >= 0.6 is 0 Å². The Morgan fingerprint density at radius 3 is 2.78 bits per heavy atom. The average Bonchev–Trinajstić information content (AvgIpc) is 2.90. The van der Waals surface area contributed by atoms with Crippen molar-refractivity contribution in [3.05, 3.63) is 45.6 Å². The molecule has 0 aliphatic rings. The molecule has 6 nitrogen and oxygen atoms in total. The molecule has 1 N–H and O–H groups in total. The Morgan fingerprint density at radius 2 is 2.13 bits per heavy atom. The smallest absolute Gasteiger partial charge is 0.298 e. The van der Waals surface area contributed by atoms with Crippen molar-refractivity contribution in [1.82, 2.24) is 19.7 Å². The number of nitrogens with one attached hydrogen (secondary N) is 1. The Balaban J connectivity index is 2.18. The van der Waals surface area contributed by atoms with Gasteiger partial charge < -0.3 is 4.74 Å². The molecule has 23 heavy (non-hydrogen) atoms. The van der Waals surface area contributed by atoms with Gasteiger partial charge >= 0.3 is 0 Å². The number of H-pyrrole nitrogens is 1. The normalized spacial score (nSPS) is 11.1. The number of ether oxygens (including phenoxy) is 1. The first-order valence-electron chi connectivity index (χ1n) is 7.45. The molecule has 2 heterocycles. The molecule has 3 aromatic rings. The number of hydrogen-bond acceptors (Lipinski definition) is 4. The fourth-order valence-electron chi connectivity index (χ4n) is 2.52. The molecule has 0 fully saturated rings. The van der Waals surface area contributed by atoms with Gasteiger partial charge in [-0.05, 0) is 37.5 Å². The highest BCUT2D eigenvalue weighted by Gasteiger charge is 2.15. The van der Waals surface area contributed by atoms with E-state index in [0.717, 1.165) is 17.5 Å². The van der Waals surface area contributed by atoms with E-state index in [1.807, 2.05) is 19.9 Å². The lowest BCUT2D eigenvalue weighted by atomic mass is 10.1. The van der Waals surface area contributed by atoms with Crippen LogP contribution in [0.3, 0.4) is 0 Å². The lowest BCUT2D eigenvalue weighted by molar-refractivity contribution is 0.313. The van der Waals surface area contributed by atoms with Crippen molar-refractivity contribution in [2.75, 3.05) is 6.61 Å². The third-order valence-corrected chi connectivity index (χ3v) is 3.60. The molecule has 0 aliphatic heterocycles. The Labute approximate surface area is 131 Å². The van der Waals surface area contributed by atoms with Crippen molar-refractivity contribution < 1.29 is 9.13 Å². The minimum atomic E-state index is -0.379. The van der Waals surface area contributed by atoms with Gasteiger partial charge in [0.05, 0.1) is 6.61 Å². The van der Waals surface area contributed by atoms with Crippen molar-refractivity contribution >= 4 is 11.0 Å². The largest absolute Gasteiger partial charge is 0.465 e. The number of aromatic nitrogens is 4. The maximum Gasteiger partial charge on any atom is 0.298 e. The fourth-order valence-corrected chi connectivity index (χ4v) is 2.52. The number of rotatable bonds is 4. The van der Waals surface area contributed by atoms with Gasteiger partial charge in [-0.2, -0.15) is 4.98 Å². The van der Waals surface area contributed by atoms with Gasteiger partial charge in [-0.25, -0.2) is 9.07 Å². The van der Waals surface area contributed by atoms with Crippen LogP contribution in [0.5, 0.6) is 6.01 Å². The molecule has 0 unspecified atom stereocenters. The highest BCUT2D eigenvalue weighted by atomic mass is 19.1. The van der Waals surface area contributed by atoms with E-state index in [2.05, 4.69) is 15.1 Å². The van der Waals surface area contributed by atoms with Gasteiger partial charge in [0.2, 0.25) is 0 Å². The summed E-state index contributed by atoms with van der Waals surface area (Å²) >= 11 is 0. The van der Waals surface area contributed by atoms with E-state index >= 15 is 0 Å². The van der Waals surface area contributed by atoms with Crippen LogP contribution < -0.4 is 10.3 Å². The van der Waals surface area contributed by atoms with E-state index < -0.39 is 0 Å². The van der Waals surface area contributed by atoms with Crippen molar-refractivity contribution in [3.8, 4) is 11.7 Å². The van der Waals surface area contributed by atoms with E-state index in [4.69, 9.17) is 4.74 Å². The average molecular weight is 316 g/mol. The summed E-state index contributed by atoms with van der Waals surface area (Å²) in [6.07, 6.45) is 2.23. The first-order valence-corrected chi connectivity index (χ1v) is 7.45. The predicted molar refractivity (Wildman–Crippen MR) is 84.7 cm³/mol. The third kappa shape index (κ3) is 2.69. The van der Waals surface area contributed by atoms with Gasteiger partial charge in [0.1, 0.15) is 16.9 Å². The van der Waals surface area contributed by atoms with E-state index in [1.54, 1.807) is 6.92 Å². The molecule has 2 aromatic heterocycles. The number of nitrogens with zero attached hydrogens (tertiary/aromatic N) is 3. The second-order valence-electron chi connectivity index (χ2n) is 5.21. The number of aromatic amines is 1. The number of benzene rings is 1. The highest BCUT2D eigenvalue weighted by Crippen LogP contribution is 2.22. The topological polar surface area (TPSA) is 72.8 Å².